The summed E-state index contributed by atoms with van der Waals surface area (Å²) in [4.78, 5) is 23.2. The Morgan fingerprint density at radius 2 is 2.06 bits per heavy atom. The first-order chi connectivity index (χ1) is 16.0. The Labute approximate surface area is 194 Å². The van der Waals surface area contributed by atoms with Gasteiger partial charge < -0.3 is 10.2 Å². The van der Waals surface area contributed by atoms with Crippen molar-refractivity contribution in [3.63, 3.8) is 0 Å². The van der Waals surface area contributed by atoms with Gasteiger partial charge in [-0.1, -0.05) is 23.7 Å². The summed E-state index contributed by atoms with van der Waals surface area (Å²) in [6.45, 7) is 0.437. The van der Waals surface area contributed by atoms with Crippen molar-refractivity contribution >= 4 is 35.0 Å². The van der Waals surface area contributed by atoms with Crippen molar-refractivity contribution in [3.05, 3.63) is 82.9 Å². The largest absolute Gasteiger partial charge is 0.309 e. The number of benzene rings is 2. The monoisotopic (exact) mass is 462 g/mol. The first kappa shape index (κ1) is 21.1. The SMILES string of the molecule is Cn1nccc1Nc1nccc(-c2cc(F)c3c(c2)CCN3C(=O)Cc2cccc(Cl)c2)n1. The number of anilines is 3. The molecule has 33 heavy (non-hydrogen) atoms. The van der Waals surface area contributed by atoms with Crippen LogP contribution in [-0.2, 0) is 24.7 Å². The van der Waals surface area contributed by atoms with Crippen molar-refractivity contribution < 1.29 is 9.18 Å². The molecular weight excluding hydrogens is 443 g/mol. The number of halogens is 2. The maximum absolute atomic E-state index is 15.2. The zero-order valence-electron chi connectivity index (χ0n) is 17.8. The minimum absolute atomic E-state index is 0.160. The molecule has 1 aliphatic heterocycles. The molecule has 0 saturated carbocycles. The Bertz CT molecular complexity index is 1350. The maximum Gasteiger partial charge on any atom is 0.231 e. The lowest BCUT2D eigenvalue weighted by Crippen LogP contribution is -2.31. The van der Waals surface area contributed by atoms with Gasteiger partial charge in [0.05, 0.1) is 24.0 Å². The second-order valence-electron chi connectivity index (χ2n) is 7.80. The van der Waals surface area contributed by atoms with Crippen molar-refractivity contribution in [2.45, 2.75) is 12.8 Å². The molecule has 4 aromatic rings. The van der Waals surface area contributed by atoms with Crippen LogP contribution >= 0.6 is 11.6 Å². The smallest absolute Gasteiger partial charge is 0.231 e. The average Bonchev–Trinajstić information content (AvgIpc) is 3.40. The predicted octanol–water partition coefficient (Wildman–Crippen LogP) is 4.55. The molecule has 1 amide bonds. The lowest BCUT2D eigenvalue weighted by atomic mass is 10.0. The van der Waals surface area contributed by atoms with E-state index in [4.69, 9.17) is 11.6 Å². The summed E-state index contributed by atoms with van der Waals surface area (Å²) in [5.41, 5.74) is 3.13. The highest BCUT2D eigenvalue weighted by Crippen LogP contribution is 2.35. The highest BCUT2D eigenvalue weighted by Gasteiger charge is 2.29. The van der Waals surface area contributed by atoms with E-state index in [2.05, 4.69) is 20.4 Å². The van der Waals surface area contributed by atoms with Gasteiger partial charge in [-0.25, -0.2) is 14.4 Å². The fourth-order valence-corrected chi connectivity index (χ4v) is 4.21. The number of nitrogens with one attached hydrogen (secondary N) is 1. The van der Waals surface area contributed by atoms with Crippen molar-refractivity contribution in [2.24, 2.45) is 7.05 Å². The summed E-state index contributed by atoms with van der Waals surface area (Å²) < 4.78 is 16.9. The van der Waals surface area contributed by atoms with Gasteiger partial charge in [0.25, 0.3) is 0 Å². The highest BCUT2D eigenvalue weighted by atomic mass is 35.5. The minimum Gasteiger partial charge on any atom is -0.309 e. The third-order valence-corrected chi connectivity index (χ3v) is 5.81. The topological polar surface area (TPSA) is 75.9 Å². The zero-order valence-corrected chi connectivity index (χ0v) is 18.6. The molecule has 166 valence electrons. The van der Waals surface area contributed by atoms with Crippen LogP contribution in [0.15, 0.2) is 60.9 Å². The standard InChI is InChI=1S/C24H20ClFN6O/c1-31-21(6-9-28-31)30-24-27-8-5-20(29-24)17-13-16-7-10-32(23(16)19(26)14-17)22(33)12-15-3-2-4-18(25)11-15/h2-6,8-9,11,13-14H,7,10,12H2,1H3,(H,27,29,30). The van der Waals surface area contributed by atoms with E-state index in [0.717, 1.165) is 16.9 Å². The van der Waals surface area contributed by atoms with E-state index in [9.17, 15) is 4.79 Å². The van der Waals surface area contributed by atoms with Crippen molar-refractivity contribution in [1.29, 1.82) is 0 Å². The number of nitrogens with zero attached hydrogens (tertiary/aromatic N) is 5. The number of carbonyl (C=O) groups is 1. The van der Waals surface area contributed by atoms with E-state index in [0.29, 0.717) is 40.9 Å². The van der Waals surface area contributed by atoms with Gasteiger partial charge in [0.1, 0.15) is 11.6 Å². The molecule has 0 fully saturated rings. The van der Waals surface area contributed by atoms with Gasteiger partial charge in [-0.2, -0.15) is 5.10 Å². The van der Waals surface area contributed by atoms with Gasteiger partial charge >= 0.3 is 0 Å². The normalized spacial score (nSPS) is 12.6. The van der Waals surface area contributed by atoms with Crippen LogP contribution in [0.1, 0.15) is 11.1 Å². The summed E-state index contributed by atoms with van der Waals surface area (Å²) in [5.74, 6) is 0.517. The highest BCUT2D eigenvalue weighted by molar-refractivity contribution is 6.30. The number of rotatable bonds is 5. The summed E-state index contributed by atoms with van der Waals surface area (Å²) in [5, 5.41) is 7.78. The van der Waals surface area contributed by atoms with E-state index in [-0.39, 0.29) is 12.3 Å². The minimum atomic E-state index is -0.445. The summed E-state index contributed by atoms with van der Waals surface area (Å²) >= 11 is 6.02. The Hall–Kier alpha value is -3.78. The molecule has 1 N–H and O–H groups in total. The average molecular weight is 463 g/mol. The number of carbonyl (C=O) groups excluding carboxylic acids is 1. The second-order valence-corrected chi connectivity index (χ2v) is 8.23. The van der Waals surface area contributed by atoms with Gasteiger partial charge in [0, 0.05) is 36.4 Å². The predicted molar refractivity (Wildman–Crippen MR) is 125 cm³/mol. The molecule has 5 rings (SSSR count). The molecule has 2 aromatic heterocycles. The lowest BCUT2D eigenvalue weighted by Gasteiger charge is -2.18. The summed E-state index contributed by atoms with van der Waals surface area (Å²) in [6.07, 6.45) is 4.03. The van der Waals surface area contributed by atoms with Crippen molar-refractivity contribution in [1.82, 2.24) is 19.7 Å². The van der Waals surface area contributed by atoms with Gasteiger partial charge in [-0.15, -0.1) is 0 Å². The second kappa shape index (κ2) is 8.63. The van der Waals surface area contributed by atoms with Crippen LogP contribution in [0.25, 0.3) is 11.3 Å². The third-order valence-electron chi connectivity index (χ3n) is 5.57. The maximum atomic E-state index is 15.2. The van der Waals surface area contributed by atoms with Crippen molar-refractivity contribution in [2.75, 3.05) is 16.8 Å². The number of hydrogen-bond acceptors (Lipinski definition) is 5. The molecule has 2 aromatic carbocycles. The van der Waals surface area contributed by atoms with Crippen molar-refractivity contribution in [3.8, 4) is 11.3 Å². The number of aromatic nitrogens is 4. The molecule has 0 bridgehead atoms. The van der Waals surface area contributed by atoms with Crippen LogP contribution in [-0.4, -0.2) is 32.2 Å². The molecule has 0 aliphatic carbocycles. The van der Waals surface area contributed by atoms with E-state index in [1.165, 1.54) is 11.0 Å². The fraction of sp³-hybridized carbons (Fsp3) is 0.167. The molecule has 9 heteroatoms. The van der Waals surface area contributed by atoms with Crippen LogP contribution in [0.4, 0.5) is 21.8 Å². The van der Waals surface area contributed by atoms with Crippen LogP contribution in [0.3, 0.4) is 0 Å². The van der Waals surface area contributed by atoms with Gasteiger partial charge in [0.15, 0.2) is 0 Å². The number of fused-ring (bicyclic) bond motifs is 1. The Morgan fingerprint density at radius 1 is 1.18 bits per heavy atom. The first-order valence-corrected chi connectivity index (χ1v) is 10.8. The molecule has 0 unspecified atom stereocenters. The molecule has 1 aliphatic rings. The zero-order chi connectivity index (χ0) is 22.9. The van der Waals surface area contributed by atoms with E-state index >= 15 is 4.39 Å². The van der Waals surface area contributed by atoms with Gasteiger partial charge in [-0.3, -0.25) is 9.48 Å². The van der Waals surface area contributed by atoms with E-state index in [1.807, 2.05) is 19.2 Å². The van der Waals surface area contributed by atoms with E-state index in [1.54, 1.807) is 47.4 Å². The van der Waals surface area contributed by atoms with Gasteiger partial charge in [-0.05, 0) is 47.9 Å². The quantitative estimate of drug-likeness (QED) is 0.471. The number of amides is 1. The van der Waals surface area contributed by atoms with Crippen LogP contribution in [0, 0.1) is 5.82 Å². The summed E-state index contributed by atoms with van der Waals surface area (Å²) in [7, 11) is 1.81. The molecule has 0 atom stereocenters. The fourth-order valence-electron chi connectivity index (χ4n) is 4.00. The Kier molecular flexibility index (Phi) is 5.51. The van der Waals surface area contributed by atoms with Gasteiger partial charge in [0.2, 0.25) is 11.9 Å². The Morgan fingerprint density at radius 3 is 2.85 bits per heavy atom. The third kappa shape index (κ3) is 4.29. The van der Waals surface area contributed by atoms with E-state index < -0.39 is 5.82 Å². The molecule has 3 heterocycles. The lowest BCUT2D eigenvalue weighted by molar-refractivity contribution is -0.117. The van der Waals surface area contributed by atoms with Crippen LogP contribution in [0.5, 0.6) is 0 Å². The summed E-state index contributed by atoms with van der Waals surface area (Å²) in [6, 6.07) is 14.0. The number of aryl methyl sites for hydroxylation is 1. The Balaban J connectivity index is 1.40. The molecule has 7 nitrogen and oxygen atoms in total. The van der Waals surface area contributed by atoms with Crippen LogP contribution in [0.2, 0.25) is 5.02 Å². The van der Waals surface area contributed by atoms with Crippen LogP contribution < -0.4 is 10.2 Å². The molecule has 0 spiro atoms. The first-order valence-electron chi connectivity index (χ1n) is 10.4. The molecular formula is C24H20ClFN6O. The molecule has 0 saturated heterocycles. The number of hydrogen-bond donors (Lipinski definition) is 1. The molecule has 0 radical (unpaired) electrons.